The monoisotopic (exact) mass is 172 g/mol. The Bertz CT molecular complexity index is 161. The van der Waals surface area contributed by atoms with Crippen molar-refractivity contribution in [2.75, 3.05) is 6.54 Å². The molecule has 3 N–H and O–H groups in total. The fourth-order valence-corrected chi connectivity index (χ4v) is 1.60. The first-order chi connectivity index (χ1) is 5.68. The lowest BCUT2D eigenvalue weighted by atomic mass is 10.1. The van der Waals surface area contributed by atoms with Crippen LogP contribution in [-0.2, 0) is 0 Å². The highest BCUT2D eigenvalue weighted by Crippen LogP contribution is 2.13. The molecule has 1 saturated heterocycles. The topological polar surface area (TPSA) is 61.4 Å². The van der Waals surface area contributed by atoms with E-state index in [1.54, 1.807) is 0 Å². The fraction of sp³-hybridized carbons (Fsp3) is 0.875. The number of amides is 1. The molecule has 4 heteroatoms. The van der Waals surface area contributed by atoms with Gasteiger partial charge >= 0.3 is 6.09 Å². The van der Waals surface area contributed by atoms with Gasteiger partial charge in [0.25, 0.3) is 0 Å². The Balaban J connectivity index is 2.04. The number of carboxylic acid groups (broad SMARTS) is 1. The van der Waals surface area contributed by atoms with Gasteiger partial charge < -0.3 is 15.7 Å². The van der Waals surface area contributed by atoms with Crippen LogP contribution < -0.4 is 10.6 Å². The van der Waals surface area contributed by atoms with E-state index in [1.807, 2.05) is 0 Å². The summed E-state index contributed by atoms with van der Waals surface area (Å²) in [6.45, 7) is 2.71. The van der Waals surface area contributed by atoms with Gasteiger partial charge in [-0.15, -0.1) is 0 Å². The molecule has 0 spiro atoms. The normalized spacial score (nSPS) is 28.8. The first-order valence-electron chi connectivity index (χ1n) is 4.41. The second-order valence-corrected chi connectivity index (χ2v) is 3.36. The zero-order chi connectivity index (χ0) is 8.97. The number of hydrogen-bond acceptors (Lipinski definition) is 2. The summed E-state index contributed by atoms with van der Waals surface area (Å²) in [5.41, 5.74) is 0. The van der Waals surface area contributed by atoms with Gasteiger partial charge in [-0.2, -0.15) is 0 Å². The average Bonchev–Trinajstić information content (AvgIpc) is 2.35. The van der Waals surface area contributed by atoms with Crippen LogP contribution >= 0.6 is 0 Å². The minimum atomic E-state index is -0.930. The Kier molecular flexibility index (Phi) is 3.34. The van der Waals surface area contributed by atoms with E-state index in [0.717, 1.165) is 6.42 Å². The summed E-state index contributed by atoms with van der Waals surface area (Å²) in [6, 6.07) is 1.10. The van der Waals surface area contributed by atoms with Crippen molar-refractivity contribution in [3.05, 3.63) is 0 Å². The third-order valence-electron chi connectivity index (χ3n) is 2.24. The number of hydrogen-bond donors (Lipinski definition) is 3. The second-order valence-electron chi connectivity index (χ2n) is 3.36. The van der Waals surface area contributed by atoms with Crippen LogP contribution in [0.5, 0.6) is 0 Å². The van der Waals surface area contributed by atoms with Gasteiger partial charge in [-0.1, -0.05) is 0 Å². The predicted molar refractivity (Wildman–Crippen MR) is 46.3 cm³/mol. The van der Waals surface area contributed by atoms with Crippen molar-refractivity contribution in [1.29, 1.82) is 0 Å². The van der Waals surface area contributed by atoms with Gasteiger partial charge in [-0.25, -0.2) is 4.79 Å². The summed E-state index contributed by atoms with van der Waals surface area (Å²) in [7, 11) is 0. The lowest BCUT2D eigenvalue weighted by Crippen LogP contribution is -2.32. The smallest absolute Gasteiger partial charge is 0.404 e. The first-order valence-corrected chi connectivity index (χ1v) is 4.41. The Morgan fingerprint density at radius 2 is 2.42 bits per heavy atom. The van der Waals surface area contributed by atoms with E-state index < -0.39 is 6.09 Å². The molecular weight excluding hydrogens is 156 g/mol. The first kappa shape index (κ1) is 9.32. The van der Waals surface area contributed by atoms with Gasteiger partial charge in [0.05, 0.1) is 0 Å². The Hall–Kier alpha value is -0.770. The highest BCUT2D eigenvalue weighted by Gasteiger charge is 2.19. The maximum Gasteiger partial charge on any atom is 0.404 e. The number of rotatable bonds is 3. The molecule has 70 valence electrons. The van der Waals surface area contributed by atoms with E-state index in [4.69, 9.17) is 5.11 Å². The van der Waals surface area contributed by atoms with E-state index in [0.29, 0.717) is 18.6 Å². The van der Waals surface area contributed by atoms with Crippen molar-refractivity contribution in [2.24, 2.45) is 0 Å². The molecule has 2 unspecified atom stereocenters. The Morgan fingerprint density at radius 3 is 2.92 bits per heavy atom. The van der Waals surface area contributed by atoms with Crippen molar-refractivity contribution in [1.82, 2.24) is 10.6 Å². The van der Waals surface area contributed by atoms with E-state index in [9.17, 15) is 4.79 Å². The van der Waals surface area contributed by atoms with Gasteiger partial charge in [0.2, 0.25) is 0 Å². The van der Waals surface area contributed by atoms with Crippen LogP contribution in [0.3, 0.4) is 0 Å². The molecule has 1 rings (SSSR count). The minimum absolute atomic E-state index is 0.506. The summed E-state index contributed by atoms with van der Waals surface area (Å²) in [5, 5.41) is 14.1. The fourth-order valence-electron chi connectivity index (χ4n) is 1.60. The van der Waals surface area contributed by atoms with Crippen molar-refractivity contribution in [3.63, 3.8) is 0 Å². The summed E-state index contributed by atoms with van der Waals surface area (Å²) in [5.74, 6) is 0. The van der Waals surface area contributed by atoms with Gasteiger partial charge in [0.15, 0.2) is 0 Å². The van der Waals surface area contributed by atoms with Crippen LogP contribution in [0.1, 0.15) is 26.2 Å². The number of nitrogens with one attached hydrogen (secondary N) is 2. The van der Waals surface area contributed by atoms with Crippen LogP contribution in [0.4, 0.5) is 4.79 Å². The molecule has 1 amide bonds. The van der Waals surface area contributed by atoms with E-state index in [-0.39, 0.29) is 0 Å². The summed E-state index contributed by atoms with van der Waals surface area (Å²) in [4.78, 5) is 10.1. The molecule has 12 heavy (non-hydrogen) atoms. The Morgan fingerprint density at radius 1 is 1.67 bits per heavy atom. The maximum absolute atomic E-state index is 10.1. The third kappa shape index (κ3) is 3.09. The van der Waals surface area contributed by atoms with Crippen LogP contribution in [-0.4, -0.2) is 29.8 Å². The lowest BCUT2D eigenvalue weighted by molar-refractivity contribution is 0.194. The number of carbonyl (C=O) groups is 1. The zero-order valence-corrected chi connectivity index (χ0v) is 7.34. The van der Waals surface area contributed by atoms with Crippen LogP contribution in [0.15, 0.2) is 0 Å². The summed E-state index contributed by atoms with van der Waals surface area (Å²) >= 11 is 0. The highest BCUT2D eigenvalue weighted by molar-refractivity contribution is 5.64. The predicted octanol–water partition coefficient (Wildman–Crippen LogP) is 0.785. The molecule has 1 fully saturated rings. The highest BCUT2D eigenvalue weighted by atomic mass is 16.4. The minimum Gasteiger partial charge on any atom is -0.465 e. The Labute approximate surface area is 72.3 Å². The molecule has 2 atom stereocenters. The summed E-state index contributed by atoms with van der Waals surface area (Å²) in [6.07, 6.45) is 2.35. The molecule has 1 heterocycles. The molecule has 1 aliphatic heterocycles. The zero-order valence-electron chi connectivity index (χ0n) is 7.34. The van der Waals surface area contributed by atoms with Crippen molar-refractivity contribution in [3.8, 4) is 0 Å². The summed E-state index contributed by atoms with van der Waals surface area (Å²) < 4.78 is 0. The van der Waals surface area contributed by atoms with Gasteiger partial charge in [-0.3, -0.25) is 0 Å². The molecule has 0 aromatic heterocycles. The maximum atomic E-state index is 10.1. The SMILES string of the molecule is CC1CCC(CCNC(=O)O)N1. The molecule has 0 saturated carbocycles. The van der Waals surface area contributed by atoms with Crippen molar-refractivity contribution in [2.45, 2.75) is 38.3 Å². The second kappa shape index (κ2) is 4.30. The molecule has 0 aromatic carbocycles. The third-order valence-corrected chi connectivity index (χ3v) is 2.24. The van der Waals surface area contributed by atoms with Crippen LogP contribution in [0, 0.1) is 0 Å². The van der Waals surface area contributed by atoms with Gasteiger partial charge in [-0.05, 0) is 26.2 Å². The van der Waals surface area contributed by atoms with Crippen molar-refractivity contribution < 1.29 is 9.90 Å². The van der Waals surface area contributed by atoms with Crippen LogP contribution in [0.25, 0.3) is 0 Å². The van der Waals surface area contributed by atoms with E-state index >= 15 is 0 Å². The quantitative estimate of drug-likeness (QED) is 0.589. The molecule has 0 aliphatic carbocycles. The van der Waals surface area contributed by atoms with Gasteiger partial charge in [0, 0.05) is 18.6 Å². The lowest BCUT2D eigenvalue weighted by Gasteiger charge is -2.10. The van der Waals surface area contributed by atoms with E-state index in [1.165, 1.54) is 12.8 Å². The van der Waals surface area contributed by atoms with E-state index in [2.05, 4.69) is 17.6 Å². The molecule has 1 aliphatic rings. The molecule has 4 nitrogen and oxygen atoms in total. The molecular formula is C8H16N2O2. The molecule has 0 aromatic rings. The molecule has 0 radical (unpaired) electrons. The van der Waals surface area contributed by atoms with Gasteiger partial charge in [0.1, 0.15) is 0 Å². The average molecular weight is 172 g/mol. The van der Waals surface area contributed by atoms with Crippen LogP contribution in [0.2, 0.25) is 0 Å². The molecule has 0 bridgehead atoms. The largest absolute Gasteiger partial charge is 0.465 e. The standard InChI is InChI=1S/C8H16N2O2/c1-6-2-3-7(10-6)4-5-9-8(11)12/h6-7,9-10H,2-5H2,1H3,(H,11,12). The van der Waals surface area contributed by atoms with Crippen molar-refractivity contribution >= 4 is 6.09 Å².